The van der Waals surface area contributed by atoms with Gasteiger partial charge in [-0.15, -0.1) is 0 Å². The van der Waals surface area contributed by atoms with Gasteiger partial charge in [-0.3, -0.25) is 0 Å². The summed E-state index contributed by atoms with van der Waals surface area (Å²) in [5, 5.41) is 3.69. The maximum absolute atomic E-state index is 12.0. The van der Waals surface area contributed by atoms with Crippen molar-refractivity contribution >= 4 is 10.0 Å². The highest BCUT2D eigenvalue weighted by Gasteiger charge is 2.14. The number of ether oxygens (including phenoxy) is 1. The quantitative estimate of drug-likeness (QED) is 0.851. The van der Waals surface area contributed by atoms with Crippen molar-refractivity contribution in [1.82, 2.24) is 14.9 Å². The minimum atomic E-state index is -3.54. The zero-order valence-electron chi connectivity index (χ0n) is 11.2. The fraction of sp³-hybridized carbons (Fsp3) is 0.333. The molecule has 20 heavy (non-hydrogen) atoms. The van der Waals surface area contributed by atoms with E-state index in [1.807, 2.05) is 0 Å². The molecule has 0 spiro atoms. The molecule has 1 aromatic carbocycles. The van der Waals surface area contributed by atoms with Crippen LogP contribution in [-0.4, -0.2) is 32.2 Å². The first-order valence-electron chi connectivity index (χ1n) is 5.94. The first-order valence-corrected chi connectivity index (χ1v) is 7.42. The average molecular weight is 297 g/mol. The van der Waals surface area contributed by atoms with Crippen molar-refractivity contribution in [2.24, 2.45) is 0 Å². The van der Waals surface area contributed by atoms with Gasteiger partial charge in [-0.25, -0.2) is 13.1 Å². The van der Waals surface area contributed by atoms with Crippen LogP contribution in [0.25, 0.3) is 0 Å². The Kier molecular flexibility index (Phi) is 4.35. The van der Waals surface area contributed by atoms with E-state index in [0.717, 1.165) is 0 Å². The third-order valence-electron chi connectivity index (χ3n) is 2.58. The van der Waals surface area contributed by atoms with Crippen LogP contribution in [0, 0.1) is 6.92 Å². The van der Waals surface area contributed by atoms with Gasteiger partial charge in [0.1, 0.15) is 5.75 Å². The highest BCUT2D eigenvalue weighted by atomic mass is 32.2. The first-order chi connectivity index (χ1) is 9.51. The zero-order valence-corrected chi connectivity index (χ0v) is 12.0. The fourth-order valence-electron chi connectivity index (χ4n) is 1.58. The summed E-state index contributed by atoms with van der Waals surface area (Å²) < 4.78 is 36.3. The smallest absolute Gasteiger partial charge is 0.240 e. The van der Waals surface area contributed by atoms with Gasteiger partial charge < -0.3 is 9.26 Å². The van der Waals surface area contributed by atoms with Gasteiger partial charge in [-0.1, -0.05) is 5.16 Å². The molecular weight excluding hydrogens is 282 g/mol. The van der Waals surface area contributed by atoms with Crippen molar-refractivity contribution in [3.05, 3.63) is 36.0 Å². The van der Waals surface area contributed by atoms with Crippen molar-refractivity contribution in [1.29, 1.82) is 0 Å². The van der Waals surface area contributed by atoms with Crippen molar-refractivity contribution in [3.8, 4) is 5.75 Å². The van der Waals surface area contributed by atoms with Gasteiger partial charge in [0, 0.05) is 19.9 Å². The molecule has 0 fully saturated rings. The highest BCUT2D eigenvalue weighted by molar-refractivity contribution is 7.89. The summed E-state index contributed by atoms with van der Waals surface area (Å²) in [6.07, 6.45) is 0.368. The lowest BCUT2D eigenvalue weighted by Crippen LogP contribution is -2.26. The second-order valence-corrected chi connectivity index (χ2v) is 5.82. The Morgan fingerprint density at radius 2 is 2.00 bits per heavy atom. The Labute approximate surface area is 117 Å². The molecule has 0 amide bonds. The lowest BCUT2D eigenvalue weighted by Gasteiger charge is -2.06. The van der Waals surface area contributed by atoms with Crippen molar-refractivity contribution in [2.75, 3.05) is 13.7 Å². The van der Waals surface area contributed by atoms with Gasteiger partial charge in [0.05, 0.1) is 12.0 Å². The topological polar surface area (TPSA) is 94.3 Å². The lowest BCUT2D eigenvalue weighted by atomic mass is 10.3. The predicted molar refractivity (Wildman–Crippen MR) is 70.9 cm³/mol. The predicted octanol–water partition coefficient (Wildman–Crippen LogP) is 0.908. The summed E-state index contributed by atoms with van der Waals surface area (Å²) in [7, 11) is -2.02. The summed E-state index contributed by atoms with van der Waals surface area (Å²) in [6, 6.07) is 6.16. The number of benzene rings is 1. The van der Waals surface area contributed by atoms with E-state index < -0.39 is 10.0 Å². The van der Waals surface area contributed by atoms with Crippen LogP contribution in [0.3, 0.4) is 0 Å². The van der Waals surface area contributed by atoms with E-state index in [1.165, 1.54) is 19.2 Å². The monoisotopic (exact) mass is 297 g/mol. The van der Waals surface area contributed by atoms with Crippen molar-refractivity contribution < 1.29 is 17.7 Å². The maximum Gasteiger partial charge on any atom is 0.240 e. The number of sulfonamides is 1. The van der Waals surface area contributed by atoms with Gasteiger partial charge in [0.25, 0.3) is 0 Å². The molecule has 108 valence electrons. The second-order valence-electron chi connectivity index (χ2n) is 4.05. The number of aryl methyl sites for hydroxylation is 1. The van der Waals surface area contributed by atoms with Crippen LogP contribution in [0.15, 0.2) is 33.7 Å². The number of nitrogens with zero attached hydrogens (tertiary/aromatic N) is 2. The number of hydrogen-bond donors (Lipinski definition) is 1. The van der Waals surface area contributed by atoms with Crippen LogP contribution >= 0.6 is 0 Å². The first kappa shape index (κ1) is 14.5. The summed E-state index contributed by atoms with van der Waals surface area (Å²) in [4.78, 5) is 4.18. The Morgan fingerprint density at radius 1 is 1.30 bits per heavy atom. The molecule has 0 aliphatic carbocycles. The minimum absolute atomic E-state index is 0.183. The van der Waals surface area contributed by atoms with E-state index in [0.29, 0.717) is 23.9 Å². The molecule has 0 atom stereocenters. The van der Waals surface area contributed by atoms with E-state index in [9.17, 15) is 8.42 Å². The van der Waals surface area contributed by atoms with Gasteiger partial charge in [0.2, 0.25) is 15.9 Å². The molecule has 8 heteroatoms. The maximum atomic E-state index is 12.0. The lowest BCUT2D eigenvalue weighted by molar-refractivity contribution is 0.387. The summed E-state index contributed by atoms with van der Waals surface area (Å²) in [6.45, 7) is 1.88. The number of aromatic nitrogens is 2. The Hall–Kier alpha value is -1.93. The number of methoxy groups -OCH3 is 1. The number of nitrogens with one attached hydrogen (secondary N) is 1. The standard InChI is InChI=1S/C12H15N3O4S/c1-9-14-12(15-19-9)7-8-13-20(16,17)11-5-3-10(18-2)4-6-11/h3-6,13H,7-8H2,1-2H3. The van der Waals surface area contributed by atoms with Crippen LogP contribution in [-0.2, 0) is 16.4 Å². The molecule has 0 saturated carbocycles. The minimum Gasteiger partial charge on any atom is -0.497 e. The van der Waals surface area contributed by atoms with Gasteiger partial charge in [0.15, 0.2) is 5.82 Å². The van der Waals surface area contributed by atoms with E-state index in [4.69, 9.17) is 9.26 Å². The molecule has 0 unspecified atom stereocenters. The molecule has 0 saturated heterocycles. The van der Waals surface area contributed by atoms with Crippen LogP contribution in [0.5, 0.6) is 5.75 Å². The van der Waals surface area contributed by atoms with E-state index >= 15 is 0 Å². The average Bonchev–Trinajstić information content (AvgIpc) is 2.84. The number of rotatable bonds is 6. The van der Waals surface area contributed by atoms with Gasteiger partial charge >= 0.3 is 0 Å². The van der Waals surface area contributed by atoms with Gasteiger partial charge in [-0.05, 0) is 24.3 Å². The van der Waals surface area contributed by atoms with Crippen LogP contribution in [0.2, 0.25) is 0 Å². The summed E-state index contributed by atoms with van der Waals surface area (Å²) in [5.74, 6) is 1.53. The number of hydrogen-bond acceptors (Lipinski definition) is 6. The SMILES string of the molecule is COc1ccc(S(=O)(=O)NCCc2noc(C)n2)cc1. The molecule has 0 radical (unpaired) electrons. The fourth-order valence-corrected chi connectivity index (χ4v) is 2.61. The summed E-state index contributed by atoms with van der Waals surface area (Å²) in [5.41, 5.74) is 0. The molecule has 7 nitrogen and oxygen atoms in total. The van der Waals surface area contributed by atoms with E-state index in [-0.39, 0.29) is 11.4 Å². The molecule has 0 aliphatic rings. The second kappa shape index (κ2) is 6.02. The Morgan fingerprint density at radius 3 is 2.55 bits per heavy atom. The van der Waals surface area contributed by atoms with Crippen LogP contribution in [0.4, 0.5) is 0 Å². The third-order valence-corrected chi connectivity index (χ3v) is 4.06. The molecule has 1 N–H and O–H groups in total. The Bertz CT molecular complexity index is 664. The van der Waals surface area contributed by atoms with Crippen molar-refractivity contribution in [2.45, 2.75) is 18.2 Å². The molecule has 2 aromatic rings. The molecular formula is C12H15N3O4S. The van der Waals surface area contributed by atoms with Crippen molar-refractivity contribution in [3.63, 3.8) is 0 Å². The molecule has 0 aliphatic heterocycles. The van der Waals surface area contributed by atoms with E-state index in [2.05, 4.69) is 14.9 Å². The molecule has 2 rings (SSSR count). The van der Waals surface area contributed by atoms with E-state index in [1.54, 1.807) is 19.1 Å². The summed E-state index contributed by atoms with van der Waals surface area (Å²) >= 11 is 0. The zero-order chi connectivity index (χ0) is 14.6. The normalized spacial score (nSPS) is 11.5. The van der Waals surface area contributed by atoms with Crippen LogP contribution in [0.1, 0.15) is 11.7 Å². The van der Waals surface area contributed by atoms with Crippen LogP contribution < -0.4 is 9.46 Å². The molecule has 1 aromatic heterocycles. The molecule has 1 heterocycles. The third kappa shape index (κ3) is 3.55. The Balaban J connectivity index is 1.96. The largest absolute Gasteiger partial charge is 0.497 e. The van der Waals surface area contributed by atoms with Gasteiger partial charge in [-0.2, -0.15) is 4.98 Å². The highest BCUT2D eigenvalue weighted by Crippen LogP contribution is 2.15. The molecule has 0 bridgehead atoms.